The van der Waals surface area contributed by atoms with Crippen LogP contribution >= 0.6 is 0 Å². The number of hydrogen-bond donors (Lipinski definition) is 0. The molecular formula is C20H47AlMgO6. The van der Waals surface area contributed by atoms with Gasteiger partial charge in [0.1, 0.15) is 0 Å². The third kappa shape index (κ3) is 71.3. The first-order valence-electron chi connectivity index (χ1n) is 9.23. The first-order valence-corrected chi connectivity index (χ1v) is 10.6. The minimum atomic E-state index is -2.11. The van der Waals surface area contributed by atoms with E-state index in [0.717, 1.165) is 0 Å². The van der Waals surface area contributed by atoms with Gasteiger partial charge in [-0.1, -0.05) is 41.5 Å². The van der Waals surface area contributed by atoms with Gasteiger partial charge in [0, 0.05) is 16.8 Å². The van der Waals surface area contributed by atoms with Crippen LogP contribution in [-0.4, -0.2) is 71.7 Å². The Labute approximate surface area is 196 Å². The van der Waals surface area contributed by atoms with Gasteiger partial charge in [-0.2, -0.15) is 0 Å². The first-order chi connectivity index (χ1) is 10.8. The summed E-state index contributed by atoms with van der Waals surface area (Å²) in [6.07, 6.45) is 0. The molecule has 0 radical (unpaired) electrons. The largest absolute Gasteiger partial charge is 2.00 e. The predicted molar refractivity (Wildman–Crippen MR) is 117 cm³/mol. The summed E-state index contributed by atoms with van der Waals surface area (Å²) in [6.45, 7) is 28.0. The van der Waals surface area contributed by atoms with Gasteiger partial charge >= 0.3 is 38.2 Å². The zero-order chi connectivity index (χ0) is 22.2. The molecule has 0 amide bonds. The third-order valence-corrected chi connectivity index (χ3v) is 4.05. The molecule has 8 heteroatoms. The fourth-order valence-corrected chi connectivity index (χ4v) is 2.81. The molecule has 28 heavy (non-hydrogen) atoms. The van der Waals surface area contributed by atoms with Gasteiger partial charge in [0.05, 0.1) is 0 Å². The molecule has 0 aromatic rings. The van der Waals surface area contributed by atoms with Crippen LogP contribution in [0.4, 0.5) is 0 Å². The predicted octanol–water partition coefficient (Wildman–Crippen LogP) is 2.50. The zero-order valence-corrected chi connectivity index (χ0v) is 23.9. The van der Waals surface area contributed by atoms with E-state index in [2.05, 4.69) is 0 Å². The molecule has 2 N–H and O–H groups in total. The normalized spacial score (nSPS) is 12.3. The van der Waals surface area contributed by atoms with Gasteiger partial charge in [-0.25, -0.2) is 0 Å². The Morgan fingerprint density at radius 1 is 0.464 bits per heavy atom. The molecule has 0 aromatic heterocycles. The first kappa shape index (κ1) is 39.5. The van der Waals surface area contributed by atoms with E-state index in [9.17, 15) is 10.2 Å². The maximum Gasteiger partial charge on any atom is 2.00 e. The summed E-state index contributed by atoms with van der Waals surface area (Å²) in [4.78, 5) is 0. The van der Waals surface area contributed by atoms with E-state index < -0.39 is 26.4 Å². The SMILES string of the molecule is CC(C)(C)[O-].CC(C)(C)[O-].CC(C)(C)[O][Al]([O]C(C)(C)C)[O]C(C)(C)C.O.[Mg+2]. The van der Waals surface area contributed by atoms with Gasteiger partial charge in [0.25, 0.3) is 0 Å². The van der Waals surface area contributed by atoms with Gasteiger partial charge < -0.3 is 27.1 Å². The molecule has 0 spiro atoms. The van der Waals surface area contributed by atoms with Crippen LogP contribution in [0.3, 0.4) is 0 Å². The van der Waals surface area contributed by atoms with Gasteiger partial charge in [0.2, 0.25) is 0 Å². The van der Waals surface area contributed by atoms with Gasteiger partial charge in [-0.05, 0) is 62.3 Å². The molecule has 0 unspecified atom stereocenters. The van der Waals surface area contributed by atoms with E-state index in [1.165, 1.54) is 0 Å². The monoisotopic (exact) mass is 434 g/mol. The molecule has 0 saturated carbocycles. The smallest absolute Gasteiger partial charge is 0.850 e. The summed E-state index contributed by atoms with van der Waals surface area (Å²) in [5.74, 6) is 0. The van der Waals surface area contributed by atoms with Gasteiger partial charge in [-0.3, -0.25) is 0 Å². The van der Waals surface area contributed by atoms with Crippen molar-refractivity contribution in [1.29, 1.82) is 0 Å². The van der Waals surface area contributed by atoms with Crippen molar-refractivity contribution in [3.63, 3.8) is 0 Å². The minimum Gasteiger partial charge on any atom is -0.850 e. The molecule has 0 aliphatic carbocycles. The van der Waals surface area contributed by atoms with E-state index in [4.69, 9.17) is 11.4 Å². The van der Waals surface area contributed by atoms with Crippen LogP contribution < -0.4 is 10.2 Å². The maximum absolute atomic E-state index is 10.1. The summed E-state index contributed by atoms with van der Waals surface area (Å²) in [5.41, 5.74) is -2.19. The average Bonchev–Trinajstić information content (AvgIpc) is 1.99. The molecule has 0 aliphatic heterocycles. The van der Waals surface area contributed by atoms with Crippen molar-refractivity contribution >= 4 is 38.2 Å². The van der Waals surface area contributed by atoms with Crippen LogP contribution in [0.1, 0.15) is 104 Å². The maximum atomic E-state index is 10.1. The van der Waals surface area contributed by atoms with E-state index in [-0.39, 0.29) is 45.3 Å². The molecule has 0 bridgehead atoms. The quantitative estimate of drug-likeness (QED) is 0.634. The Morgan fingerprint density at radius 3 is 0.643 bits per heavy atom. The fourth-order valence-electron chi connectivity index (χ4n) is 0.938. The molecule has 0 fully saturated rings. The van der Waals surface area contributed by atoms with E-state index >= 15 is 0 Å². The van der Waals surface area contributed by atoms with E-state index in [1.54, 1.807) is 41.5 Å². The fraction of sp³-hybridized carbons (Fsp3) is 1.00. The number of rotatable bonds is 3. The molecular weight excluding hydrogens is 388 g/mol. The summed E-state index contributed by atoms with van der Waals surface area (Å²) < 4.78 is 17.7. The molecule has 0 heterocycles. The van der Waals surface area contributed by atoms with Crippen molar-refractivity contribution in [1.82, 2.24) is 0 Å². The summed E-state index contributed by atoms with van der Waals surface area (Å²) in [6, 6.07) is 0. The molecule has 0 atom stereocenters. The topological polar surface area (TPSA) is 105 Å². The van der Waals surface area contributed by atoms with Gasteiger partial charge in [0.15, 0.2) is 0 Å². The van der Waals surface area contributed by atoms with Crippen molar-refractivity contribution in [2.45, 2.75) is 132 Å². The van der Waals surface area contributed by atoms with Crippen molar-refractivity contribution in [2.24, 2.45) is 0 Å². The summed E-state index contributed by atoms with van der Waals surface area (Å²) in [7, 11) is 0. The van der Waals surface area contributed by atoms with Crippen LogP contribution in [0, 0.1) is 0 Å². The van der Waals surface area contributed by atoms with Crippen molar-refractivity contribution in [3.05, 3.63) is 0 Å². The summed E-state index contributed by atoms with van der Waals surface area (Å²) in [5, 5.41) is 20.2. The second-order valence-electron chi connectivity index (χ2n) is 11.2. The van der Waals surface area contributed by atoms with Crippen LogP contribution in [0.5, 0.6) is 0 Å². The molecule has 0 rings (SSSR count). The Kier molecular flexibility index (Phi) is 21.1. The average molecular weight is 435 g/mol. The van der Waals surface area contributed by atoms with E-state index in [1.807, 2.05) is 62.3 Å². The zero-order valence-electron chi connectivity index (χ0n) is 21.3. The van der Waals surface area contributed by atoms with Gasteiger partial charge in [-0.15, -0.1) is 11.2 Å². The molecule has 6 nitrogen and oxygen atoms in total. The number of hydrogen-bond acceptors (Lipinski definition) is 5. The van der Waals surface area contributed by atoms with Crippen molar-refractivity contribution in [3.8, 4) is 0 Å². The molecule has 0 aromatic carbocycles. The second-order valence-corrected chi connectivity index (χ2v) is 12.5. The standard InChI is InChI=1S/5C4H9O.Al.Mg.H2O/c5*1-4(2,3)5;;;/h5*1-3H3;;;1H2/q5*-1;+3;+2;. The Balaban J connectivity index is -0.000000122. The molecule has 0 aliphatic rings. The minimum absolute atomic E-state index is 0. The molecule has 168 valence electrons. The van der Waals surface area contributed by atoms with Crippen LogP contribution in [0.15, 0.2) is 0 Å². The summed E-state index contributed by atoms with van der Waals surface area (Å²) >= 11 is -2.11. The Bertz CT molecular complexity index is 295. The van der Waals surface area contributed by atoms with Crippen LogP contribution in [0.2, 0.25) is 0 Å². The third-order valence-electron chi connectivity index (χ3n) is 1.35. The molecule has 0 saturated heterocycles. The Morgan fingerprint density at radius 2 is 0.571 bits per heavy atom. The van der Waals surface area contributed by atoms with E-state index in [0.29, 0.717) is 0 Å². The van der Waals surface area contributed by atoms with Crippen LogP contribution in [-0.2, 0) is 11.4 Å². The second kappa shape index (κ2) is 15.0. The van der Waals surface area contributed by atoms with Crippen molar-refractivity contribution < 1.29 is 27.1 Å². The van der Waals surface area contributed by atoms with Crippen LogP contribution in [0.25, 0.3) is 0 Å². The Hall–Kier alpha value is 1.06. The van der Waals surface area contributed by atoms with Crippen molar-refractivity contribution in [2.75, 3.05) is 0 Å².